The minimum atomic E-state index is 0.164. The van der Waals surface area contributed by atoms with Gasteiger partial charge in [0.2, 0.25) is 0 Å². The molecule has 1 unspecified atom stereocenters. The second kappa shape index (κ2) is 7.80. The van der Waals surface area contributed by atoms with Crippen LogP contribution in [0.15, 0.2) is 22.7 Å². The highest BCUT2D eigenvalue weighted by molar-refractivity contribution is 9.10. The predicted molar refractivity (Wildman–Crippen MR) is 81.1 cm³/mol. The molecule has 0 saturated heterocycles. The first-order valence-corrected chi connectivity index (χ1v) is 7.45. The average Bonchev–Trinajstić information content (AvgIpc) is 2.27. The summed E-state index contributed by atoms with van der Waals surface area (Å²) in [5.41, 5.74) is 7.05. The lowest BCUT2D eigenvalue weighted by Crippen LogP contribution is -2.18. The molecule has 3 heteroatoms. The number of hydrogen-bond donors (Lipinski definition) is 1. The molecule has 18 heavy (non-hydrogen) atoms. The quantitative estimate of drug-likeness (QED) is 0.767. The van der Waals surface area contributed by atoms with E-state index < -0.39 is 0 Å². The molecule has 0 spiro atoms. The largest absolute Gasteiger partial charge is 0.494 e. The Kier molecular flexibility index (Phi) is 6.72. The number of nitrogens with two attached hydrogens (primary N) is 1. The van der Waals surface area contributed by atoms with Crippen molar-refractivity contribution in [2.75, 3.05) is 6.61 Å². The van der Waals surface area contributed by atoms with E-state index in [2.05, 4.69) is 35.8 Å². The first kappa shape index (κ1) is 15.5. The Hall–Kier alpha value is -0.540. The van der Waals surface area contributed by atoms with Crippen LogP contribution in [-0.4, -0.2) is 12.6 Å². The Morgan fingerprint density at radius 2 is 2.00 bits per heavy atom. The summed E-state index contributed by atoms with van der Waals surface area (Å²) in [5, 5.41) is 0. The van der Waals surface area contributed by atoms with Crippen LogP contribution in [0.1, 0.15) is 39.2 Å². The molecular formula is C15H24BrNO. The fourth-order valence-electron chi connectivity index (χ4n) is 1.83. The smallest absolute Gasteiger partial charge is 0.119 e. The van der Waals surface area contributed by atoms with Crippen LogP contribution in [0, 0.1) is 5.92 Å². The van der Waals surface area contributed by atoms with Crippen LogP contribution < -0.4 is 10.5 Å². The van der Waals surface area contributed by atoms with E-state index in [1.807, 2.05) is 19.1 Å². The van der Waals surface area contributed by atoms with Gasteiger partial charge in [-0.1, -0.05) is 29.8 Å². The van der Waals surface area contributed by atoms with Crippen molar-refractivity contribution >= 4 is 15.9 Å². The van der Waals surface area contributed by atoms with Gasteiger partial charge in [0, 0.05) is 10.5 Å². The molecule has 1 rings (SSSR count). The van der Waals surface area contributed by atoms with E-state index in [-0.39, 0.29) is 6.04 Å². The third kappa shape index (κ3) is 5.87. The molecule has 0 fully saturated rings. The summed E-state index contributed by atoms with van der Waals surface area (Å²) >= 11 is 3.55. The Balaban J connectivity index is 2.51. The normalized spacial score (nSPS) is 12.8. The average molecular weight is 314 g/mol. The van der Waals surface area contributed by atoms with Gasteiger partial charge in [0.25, 0.3) is 0 Å². The molecule has 0 amide bonds. The number of benzene rings is 1. The molecule has 0 bridgehead atoms. The van der Waals surface area contributed by atoms with Gasteiger partial charge >= 0.3 is 0 Å². The minimum absolute atomic E-state index is 0.164. The van der Waals surface area contributed by atoms with Crippen LogP contribution >= 0.6 is 15.9 Å². The van der Waals surface area contributed by atoms with Crippen molar-refractivity contribution in [3.8, 4) is 5.75 Å². The van der Waals surface area contributed by atoms with Crippen molar-refractivity contribution in [2.24, 2.45) is 11.7 Å². The molecule has 0 heterocycles. The maximum Gasteiger partial charge on any atom is 0.119 e. The fourth-order valence-corrected chi connectivity index (χ4v) is 2.23. The van der Waals surface area contributed by atoms with Gasteiger partial charge in [0.1, 0.15) is 5.75 Å². The Labute approximate surface area is 119 Å². The Bertz CT molecular complexity index is 364. The van der Waals surface area contributed by atoms with Crippen LogP contribution in [0.2, 0.25) is 0 Å². The molecule has 0 aliphatic rings. The topological polar surface area (TPSA) is 35.2 Å². The maximum absolute atomic E-state index is 5.84. The van der Waals surface area contributed by atoms with Gasteiger partial charge in [-0.25, -0.2) is 0 Å². The minimum Gasteiger partial charge on any atom is -0.494 e. The van der Waals surface area contributed by atoms with Crippen molar-refractivity contribution in [3.63, 3.8) is 0 Å². The third-order valence-corrected chi connectivity index (χ3v) is 3.53. The summed E-state index contributed by atoms with van der Waals surface area (Å²) in [6.45, 7) is 7.28. The van der Waals surface area contributed by atoms with Crippen LogP contribution in [0.25, 0.3) is 0 Å². The van der Waals surface area contributed by atoms with Crippen LogP contribution in [0.4, 0.5) is 0 Å². The number of hydrogen-bond acceptors (Lipinski definition) is 2. The standard InChI is InChI=1S/C15H24BrNO/c1-11(2)5-4-8-18-14-6-7-15(16)13(10-14)9-12(3)17/h6-7,10-12H,4-5,8-9,17H2,1-3H3. The van der Waals surface area contributed by atoms with Gasteiger partial charge < -0.3 is 10.5 Å². The molecule has 0 aromatic heterocycles. The fraction of sp³-hybridized carbons (Fsp3) is 0.600. The van der Waals surface area contributed by atoms with Gasteiger partial charge in [0.05, 0.1) is 6.61 Å². The molecule has 2 nitrogen and oxygen atoms in total. The molecule has 0 aliphatic carbocycles. The highest BCUT2D eigenvalue weighted by Crippen LogP contribution is 2.24. The zero-order valence-corrected chi connectivity index (χ0v) is 13.2. The summed E-state index contributed by atoms with van der Waals surface area (Å²) in [5.74, 6) is 1.68. The molecule has 0 aliphatic heterocycles. The number of halogens is 1. The SMILES string of the molecule is CC(C)CCCOc1ccc(Br)c(CC(C)N)c1. The lowest BCUT2D eigenvalue weighted by atomic mass is 10.1. The van der Waals surface area contributed by atoms with E-state index in [1.54, 1.807) is 0 Å². The highest BCUT2D eigenvalue weighted by atomic mass is 79.9. The van der Waals surface area contributed by atoms with Gasteiger partial charge in [-0.15, -0.1) is 0 Å². The van der Waals surface area contributed by atoms with Crippen LogP contribution in [0.5, 0.6) is 5.75 Å². The van der Waals surface area contributed by atoms with Crippen molar-refractivity contribution in [1.82, 2.24) is 0 Å². The molecule has 0 saturated carbocycles. The predicted octanol–water partition coefficient (Wildman–Crippen LogP) is 4.15. The lowest BCUT2D eigenvalue weighted by molar-refractivity contribution is 0.297. The van der Waals surface area contributed by atoms with Crippen molar-refractivity contribution < 1.29 is 4.74 Å². The molecular weight excluding hydrogens is 290 g/mol. The maximum atomic E-state index is 5.84. The summed E-state index contributed by atoms with van der Waals surface area (Å²) in [6, 6.07) is 6.29. The Morgan fingerprint density at radius 3 is 2.61 bits per heavy atom. The molecule has 1 aromatic carbocycles. The van der Waals surface area contributed by atoms with E-state index >= 15 is 0 Å². The van der Waals surface area contributed by atoms with E-state index in [1.165, 1.54) is 12.0 Å². The summed E-state index contributed by atoms with van der Waals surface area (Å²) in [4.78, 5) is 0. The molecule has 1 atom stereocenters. The first-order valence-electron chi connectivity index (χ1n) is 6.66. The summed E-state index contributed by atoms with van der Waals surface area (Å²) in [6.07, 6.45) is 3.18. The summed E-state index contributed by atoms with van der Waals surface area (Å²) in [7, 11) is 0. The first-order chi connectivity index (χ1) is 8.49. The van der Waals surface area contributed by atoms with Gasteiger partial charge in [-0.2, -0.15) is 0 Å². The van der Waals surface area contributed by atoms with Crippen molar-refractivity contribution in [1.29, 1.82) is 0 Å². The molecule has 2 N–H and O–H groups in total. The van der Waals surface area contributed by atoms with E-state index in [0.29, 0.717) is 0 Å². The zero-order valence-electron chi connectivity index (χ0n) is 11.6. The van der Waals surface area contributed by atoms with Crippen molar-refractivity contribution in [3.05, 3.63) is 28.2 Å². The van der Waals surface area contributed by atoms with Crippen LogP contribution in [-0.2, 0) is 6.42 Å². The highest BCUT2D eigenvalue weighted by Gasteiger charge is 2.05. The van der Waals surface area contributed by atoms with E-state index in [0.717, 1.165) is 35.6 Å². The van der Waals surface area contributed by atoms with E-state index in [4.69, 9.17) is 10.5 Å². The van der Waals surface area contributed by atoms with Gasteiger partial charge in [-0.05, 0) is 55.9 Å². The second-order valence-corrected chi connectivity index (χ2v) is 6.17. The third-order valence-electron chi connectivity index (χ3n) is 2.75. The molecule has 1 aromatic rings. The molecule has 102 valence electrons. The van der Waals surface area contributed by atoms with E-state index in [9.17, 15) is 0 Å². The number of ether oxygens (including phenoxy) is 1. The monoisotopic (exact) mass is 313 g/mol. The van der Waals surface area contributed by atoms with Crippen LogP contribution in [0.3, 0.4) is 0 Å². The second-order valence-electron chi connectivity index (χ2n) is 5.32. The zero-order chi connectivity index (χ0) is 13.5. The number of rotatable bonds is 7. The molecule has 0 radical (unpaired) electrons. The van der Waals surface area contributed by atoms with Crippen molar-refractivity contribution in [2.45, 2.75) is 46.1 Å². The summed E-state index contributed by atoms with van der Waals surface area (Å²) < 4.78 is 6.88. The van der Waals surface area contributed by atoms with Gasteiger partial charge in [-0.3, -0.25) is 0 Å². The lowest BCUT2D eigenvalue weighted by Gasteiger charge is -2.12. The van der Waals surface area contributed by atoms with Gasteiger partial charge in [0.15, 0.2) is 0 Å². The Morgan fingerprint density at radius 1 is 1.28 bits per heavy atom.